The van der Waals surface area contributed by atoms with Crippen LogP contribution in [0.2, 0.25) is 0 Å². The number of esters is 1. The molecule has 0 bridgehead atoms. The number of benzene rings is 2. The Labute approximate surface area is 165 Å². The SMILES string of the molecule is C=CCNC(=O)NC(=O)COC(=O)c1ccccc1-c1nc2ccccc2s1. The van der Waals surface area contributed by atoms with Crippen LogP contribution in [0.25, 0.3) is 20.8 Å². The van der Waals surface area contributed by atoms with Crippen molar-refractivity contribution in [2.75, 3.05) is 13.2 Å². The molecule has 142 valence electrons. The standard InChI is InChI=1S/C20H17N3O4S/c1-2-11-21-20(26)23-17(24)12-27-19(25)14-8-4-3-7-13(14)18-22-15-9-5-6-10-16(15)28-18/h2-10H,1,11-12H2,(H2,21,23,24,26). The lowest BCUT2D eigenvalue weighted by Crippen LogP contribution is -2.41. The Morgan fingerprint density at radius 2 is 1.86 bits per heavy atom. The van der Waals surface area contributed by atoms with Crippen LogP contribution in [-0.4, -0.2) is 36.0 Å². The number of nitrogens with one attached hydrogen (secondary N) is 2. The molecule has 0 saturated heterocycles. The van der Waals surface area contributed by atoms with Gasteiger partial charge in [0.05, 0.1) is 15.8 Å². The summed E-state index contributed by atoms with van der Waals surface area (Å²) in [5, 5.41) is 5.13. The normalized spacial score (nSPS) is 10.3. The van der Waals surface area contributed by atoms with Gasteiger partial charge in [0.25, 0.3) is 5.91 Å². The van der Waals surface area contributed by atoms with E-state index in [9.17, 15) is 14.4 Å². The topological polar surface area (TPSA) is 97.4 Å². The zero-order chi connectivity index (χ0) is 19.9. The molecule has 3 aromatic rings. The molecule has 3 rings (SSSR count). The molecule has 8 heteroatoms. The van der Waals surface area contributed by atoms with E-state index in [2.05, 4.69) is 22.2 Å². The molecule has 0 aliphatic heterocycles. The number of urea groups is 1. The predicted octanol–water partition coefficient (Wildman–Crippen LogP) is 3.13. The highest BCUT2D eigenvalue weighted by molar-refractivity contribution is 7.21. The van der Waals surface area contributed by atoms with Gasteiger partial charge in [0.15, 0.2) is 6.61 Å². The van der Waals surface area contributed by atoms with Crippen molar-refractivity contribution in [1.29, 1.82) is 0 Å². The number of para-hydroxylation sites is 1. The van der Waals surface area contributed by atoms with Crippen LogP contribution >= 0.6 is 11.3 Å². The summed E-state index contributed by atoms with van der Waals surface area (Å²) in [6.07, 6.45) is 1.48. The van der Waals surface area contributed by atoms with Crippen molar-refractivity contribution >= 4 is 39.5 Å². The molecule has 2 N–H and O–H groups in total. The molecule has 0 atom stereocenters. The molecular formula is C20H17N3O4S. The van der Waals surface area contributed by atoms with E-state index in [4.69, 9.17) is 4.74 Å². The Hall–Kier alpha value is -3.52. The van der Waals surface area contributed by atoms with Crippen molar-refractivity contribution in [3.05, 3.63) is 66.7 Å². The van der Waals surface area contributed by atoms with Crippen molar-refractivity contribution in [1.82, 2.24) is 15.6 Å². The third-order valence-corrected chi connectivity index (χ3v) is 4.74. The van der Waals surface area contributed by atoms with E-state index in [-0.39, 0.29) is 6.54 Å². The minimum absolute atomic E-state index is 0.217. The number of hydrogen-bond donors (Lipinski definition) is 2. The first kappa shape index (κ1) is 19.2. The molecule has 0 fully saturated rings. The minimum atomic E-state index is -0.729. The van der Waals surface area contributed by atoms with Gasteiger partial charge in [-0.05, 0) is 18.2 Å². The highest BCUT2D eigenvalue weighted by atomic mass is 32.1. The van der Waals surface area contributed by atoms with Gasteiger partial charge in [-0.15, -0.1) is 17.9 Å². The first-order valence-corrected chi connectivity index (χ1v) is 9.21. The van der Waals surface area contributed by atoms with Gasteiger partial charge in [-0.25, -0.2) is 14.6 Å². The number of ether oxygens (including phenoxy) is 1. The van der Waals surface area contributed by atoms with Crippen LogP contribution in [0.4, 0.5) is 4.79 Å². The second-order valence-corrected chi connectivity index (χ2v) is 6.69. The number of carbonyl (C=O) groups excluding carboxylic acids is 3. The summed E-state index contributed by atoms with van der Waals surface area (Å²) in [5.74, 6) is -1.40. The summed E-state index contributed by atoms with van der Waals surface area (Å²) in [7, 11) is 0. The van der Waals surface area contributed by atoms with Gasteiger partial charge in [0.2, 0.25) is 0 Å². The van der Waals surface area contributed by atoms with Crippen LogP contribution in [0.3, 0.4) is 0 Å². The number of hydrogen-bond acceptors (Lipinski definition) is 6. The maximum atomic E-state index is 12.5. The fraction of sp³-hybridized carbons (Fsp3) is 0.100. The molecule has 0 radical (unpaired) electrons. The summed E-state index contributed by atoms with van der Waals surface area (Å²) in [6.45, 7) is 3.09. The summed E-state index contributed by atoms with van der Waals surface area (Å²) < 4.78 is 6.06. The second-order valence-electron chi connectivity index (χ2n) is 5.66. The number of carbonyl (C=O) groups is 3. The number of fused-ring (bicyclic) bond motifs is 1. The van der Waals surface area contributed by atoms with E-state index in [1.807, 2.05) is 24.3 Å². The Morgan fingerprint density at radius 3 is 2.64 bits per heavy atom. The van der Waals surface area contributed by atoms with Gasteiger partial charge in [0, 0.05) is 12.1 Å². The van der Waals surface area contributed by atoms with Crippen LogP contribution < -0.4 is 10.6 Å². The highest BCUT2D eigenvalue weighted by Gasteiger charge is 2.18. The third-order valence-electron chi connectivity index (χ3n) is 3.67. The van der Waals surface area contributed by atoms with Crippen LogP contribution in [0.5, 0.6) is 0 Å². The molecule has 0 aliphatic carbocycles. The van der Waals surface area contributed by atoms with Gasteiger partial charge < -0.3 is 10.1 Å². The van der Waals surface area contributed by atoms with E-state index >= 15 is 0 Å². The number of aromatic nitrogens is 1. The summed E-state index contributed by atoms with van der Waals surface area (Å²) >= 11 is 1.46. The van der Waals surface area contributed by atoms with Crippen LogP contribution in [0.1, 0.15) is 10.4 Å². The van der Waals surface area contributed by atoms with Crippen molar-refractivity contribution in [2.45, 2.75) is 0 Å². The van der Waals surface area contributed by atoms with Gasteiger partial charge in [-0.2, -0.15) is 0 Å². The Morgan fingerprint density at radius 1 is 1.11 bits per heavy atom. The molecule has 0 spiro atoms. The average molecular weight is 395 g/mol. The maximum Gasteiger partial charge on any atom is 0.339 e. The monoisotopic (exact) mass is 395 g/mol. The highest BCUT2D eigenvalue weighted by Crippen LogP contribution is 2.32. The number of nitrogens with zero attached hydrogens (tertiary/aromatic N) is 1. The smallest absolute Gasteiger partial charge is 0.339 e. The molecule has 1 heterocycles. The van der Waals surface area contributed by atoms with Crippen LogP contribution in [-0.2, 0) is 9.53 Å². The Kier molecular flexibility index (Phi) is 6.13. The lowest BCUT2D eigenvalue weighted by Gasteiger charge is -2.08. The molecule has 0 unspecified atom stereocenters. The predicted molar refractivity (Wildman–Crippen MR) is 107 cm³/mol. The van der Waals surface area contributed by atoms with E-state index in [0.29, 0.717) is 16.1 Å². The lowest BCUT2D eigenvalue weighted by atomic mass is 10.1. The quantitative estimate of drug-likeness (QED) is 0.494. The van der Waals surface area contributed by atoms with Gasteiger partial charge in [-0.1, -0.05) is 36.4 Å². The van der Waals surface area contributed by atoms with Crippen LogP contribution in [0, 0.1) is 0 Å². The number of thiazole rings is 1. The molecule has 2 aromatic carbocycles. The zero-order valence-electron chi connectivity index (χ0n) is 14.8. The van der Waals surface area contributed by atoms with Crippen molar-refractivity contribution in [2.24, 2.45) is 0 Å². The van der Waals surface area contributed by atoms with E-state index in [0.717, 1.165) is 10.2 Å². The fourth-order valence-corrected chi connectivity index (χ4v) is 3.42. The van der Waals surface area contributed by atoms with E-state index < -0.39 is 24.5 Å². The molecule has 0 saturated carbocycles. The van der Waals surface area contributed by atoms with Gasteiger partial charge in [-0.3, -0.25) is 10.1 Å². The molecule has 1 aromatic heterocycles. The second kappa shape index (κ2) is 8.92. The molecule has 7 nitrogen and oxygen atoms in total. The van der Waals surface area contributed by atoms with Gasteiger partial charge >= 0.3 is 12.0 Å². The summed E-state index contributed by atoms with van der Waals surface area (Å²) in [5.41, 5.74) is 1.76. The Balaban J connectivity index is 1.70. The lowest BCUT2D eigenvalue weighted by molar-refractivity contribution is -0.123. The first-order valence-electron chi connectivity index (χ1n) is 8.39. The minimum Gasteiger partial charge on any atom is -0.452 e. The van der Waals surface area contributed by atoms with Crippen molar-refractivity contribution in [3.63, 3.8) is 0 Å². The molecule has 28 heavy (non-hydrogen) atoms. The number of imide groups is 1. The maximum absolute atomic E-state index is 12.5. The summed E-state index contributed by atoms with van der Waals surface area (Å²) in [4.78, 5) is 40.2. The zero-order valence-corrected chi connectivity index (χ0v) is 15.6. The fourth-order valence-electron chi connectivity index (χ4n) is 2.42. The van der Waals surface area contributed by atoms with E-state index in [1.165, 1.54) is 17.4 Å². The number of rotatable bonds is 6. The van der Waals surface area contributed by atoms with Crippen molar-refractivity contribution < 1.29 is 19.1 Å². The molecule has 3 amide bonds. The molecule has 0 aliphatic rings. The average Bonchev–Trinajstić information content (AvgIpc) is 3.14. The third kappa shape index (κ3) is 4.60. The van der Waals surface area contributed by atoms with Crippen molar-refractivity contribution in [3.8, 4) is 10.6 Å². The largest absolute Gasteiger partial charge is 0.452 e. The number of amides is 3. The van der Waals surface area contributed by atoms with Crippen LogP contribution in [0.15, 0.2) is 61.2 Å². The molecular weight excluding hydrogens is 378 g/mol. The van der Waals surface area contributed by atoms with E-state index in [1.54, 1.807) is 24.3 Å². The first-order chi connectivity index (χ1) is 13.6. The van der Waals surface area contributed by atoms with Gasteiger partial charge in [0.1, 0.15) is 5.01 Å². The summed E-state index contributed by atoms with van der Waals surface area (Å²) in [6, 6.07) is 13.9. The Bertz CT molecular complexity index is 1010.